The fourth-order valence-corrected chi connectivity index (χ4v) is 3.76. The molecule has 0 saturated heterocycles. The van der Waals surface area contributed by atoms with Crippen molar-refractivity contribution in [2.45, 2.75) is 25.4 Å². The molecule has 3 heterocycles. The van der Waals surface area contributed by atoms with E-state index in [9.17, 15) is 22.8 Å². The van der Waals surface area contributed by atoms with Crippen LogP contribution < -0.4 is 15.0 Å². The normalized spacial score (nSPS) is 15.6. The molecule has 1 N–H and O–H groups in total. The Balaban J connectivity index is 1.35. The van der Waals surface area contributed by atoms with Crippen molar-refractivity contribution in [3.05, 3.63) is 71.5 Å². The first-order chi connectivity index (χ1) is 16.3. The van der Waals surface area contributed by atoms with Gasteiger partial charge in [-0.1, -0.05) is 12.1 Å². The Morgan fingerprint density at radius 1 is 1.09 bits per heavy atom. The fourth-order valence-electron chi connectivity index (χ4n) is 3.76. The number of rotatable bonds is 5. The van der Waals surface area contributed by atoms with Gasteiger partial charge in [-0.25, -0.2) is 9.97 Å². The third kappa shape index (κ3) is 4.43. The first-order valence-electron chi connectivity index (χ1n) is 10.7. The van der Waals surface area contributed by atoms with Gasteiger partial charge < -0.3 is 10.1 Å². The van der Waals surface area contributed by atoms with Crippen LogP contribution in [0.25, 0.3) is 0 Å². The predicted octanol–water partition coefficient (Wildman–Crippen LogP) is 4.84. The molecule has 174 valence electrons. The number of carbonyl (C=O) groups is 2. The summed E-state index contributed by atoms with van der Waals surface area (Å²) in [6.45, 7) is 0.324. The molecule has 1 aromatic carbocycles. The highest BCUT2D eigenvalue weighted by Crippen LogP contribution is 2.34. The molecule has 34 heavy (non-hydrogen) atoms. The Bertz CT molecular complexity index is 1260. The van der Waals surface area contributed by atoms with Gasteiger partial charge in [0, 0.05) is 23.6 Å². The Morgan fingerprint density at radius 2 is 1.88 bits per heavy atom. The molecule has 0 bridgehead atoms. The second kappa shape index (κ2) is 8.44. The van der Waals surface area contributed by atoms with E-state index in [1.54, 1.807) is 36.4 Å². The van der Waals surface area contributed by atoms with E-state index < -0.39 is 11.9 Å². The van der Waals surface area contributed by atoms with Crippen LogP contribution in [0, 0.1) is 5.92 Å². The van der Waals surface area contributed by atoms with Crippen LogP contribution in [0.2, 0.25) is 0 Å². The van der Waals surface area contributed by atoms with Gasteiger partial charge in [-0.05, 0) is 55.7 Å². The van der Waals surface area contributed by atoms with E-state index in [2.05, 4.69) is 15.3 Å². The number of hydrogen-bond acceptors (Lipinski definition) is 5. The number of carbonyl (C=O) groups excluding carboxylic acids is 2. The number of aromatic nitrogens is 2. The molecule has 0 spiro atoms. The monoisotopic (exact) mass is 468 g/mol. The Hall–Kier alpha value is -3.95. The molecule has 1 saturated carbocycles. The lowest BCUT2D eigenvalue weighted by Gasteiger charge is -2.29. The van der Waals surface area contributed by atoms with Gasteiger partial charge >= 0.3 is 6.18 Å². The first kappa shape index (κ1) is 21.9. The van der Waals surface area contributed by atoms with E-state index in [1.165, 1.54) is 11.0 Å². The maximum Gasteiger partial charge on any atom is 0.433 e. The van der Waals surface area contributed by atoms with Crippen molar-refractivity contribution in [3.8, 4) is 11.5 Å². The number of ether oxygens (including phenoxy) is 1. The number of halogens is 3. The highest BCUT2D eigenvalue weighted by molar-refractivity contribution is 6.08. The molecule has 5 rings (SSSR count). The van der Waals surface area contributed by atoms with Gasteiger partial charge in [0.05, 0.1) is 6.20 Å². The minimum Gasteiger partial charge on any atom is -0.455 e. The summed E-state index contributed by atoms with van der Waals surface area (Å²) in [5, 5.41) is 2.78. The summed E-state index contributed by atoms with van der Waals surface area (Å²) in [7, 11) is 0. The van der Waals surface area contributed by atoms with Gasteiger partial charge in [-0.3, -0.25) is 14.5 Å². The largest absolute Gasteiger partial charge is 0.455 e. The summed E-state index contributed by atoms with van der Waals surface area (Å²) in [6, 6.07) is 12.1. The Kier molecular flexibility index (Phi) is 5.43. The molecular weight excluding hydrogens is 449 g/mol. The second-order valence-corrected chi connectivity index (χ2v) is 8.11. The maximum atomic E-state index is 13.2. The SMILES string of the molecule is O=C(Nc1cccc(N2CCc3c(Oc4ccc(C(F)(F)F)nc4)cccc3C2=O)n1)C1CC1. The number of anilines is 2. The molecule has 3 aromatic rings. The van der Waals surface area contributed by atoms with Crippen LogP contribution >= 0.6 is 0 Å². The number of pyridine rings is 2. The van der Waals surface area contributed by atoms with E-state index in [4.69, 9.17) is 4.74 Å². The number of fused-ring (bicyclic) bond motifs is 1. The van der Waals surface area contributed by atoms with E-state index in [-0.39, 0.29) is 23.5 Å². The van der Waals surface area contributed by atoms with Crippen LogP contribution in [0.1, 0.15) is 34.5 Å². The quantitative estimate of drug-likeness (QED) is 0.579. The van der Waals surface area contributed by atoms with E-state index >= 15 is 0 Å². The average molecular weight is 468 g/mol. The zero-order valence-corrected chi connectivity index (χ0v) is 17.8. The Morgan fingerprint density at radius 3 is 2.59 bits per heavy atom. The molecule has 1 aliphatic heterocycles. The van der Waals surface area contributed by atoms with E-state index in [0.29, 0.717) is 41.5 Å². The second-order valence-electron chi connectivity index (χ2n) is 8.11. The number of benzene rings is 1. The highest BCUT2D eigenvalue weighted by Gasteiger charge is 2.33. The van der Waals surface area contributed by atoms with E-state index in [1.807, 2.05) is 0 Å². The van der Waals surface area contributed by atoms with Gasteiger partial charge in [0.15, 0.2) is 0 Å². The number of hydrogen-bond donors (Lipinski definition) is 1. The van der Waals surface area contributed by atoms with Gasteiger partial charge in [0.1, 0.15) is 28.8 Å². The number of nitrogens with one attached hydrogen (secondary N) is 1. The lowest BCUT2D eigenvalue weighted by Crippen LogP contribution is -2.38. The van der Waals surface area contributed by atoms with Gasteiger partial charge in [-0.2, -0.15) is 13.2 Å². The van der Waals surface area contributed by atoms with Gasteiger partial charge in [0.2, 0.25) is 5.91 Å². The zero-order valence-electron chi connectivity index (χ0n) is 17.8. The molecular formula is C24H19F3N4O3. The summed E-state index contributed by atoms with van der Waals surface area (Å²) in [5.41, 5.74) is 0.0588. The summed E-state index contributed by atoms with van der Waals surface area (Å²) >= 11 is 0. The molecule has 2 aromatic heterocycles. The third-order valence-electron chi connectivity index (χ3n) is 5.66. The van der Waals surface area contributed by atoms with Crippen LogP contribution in [0.15, 0.2) is 54.7 Å². The van der Waals surface area contributed by atoms with Crippen LogP contribution in [0.3, 0.4) is 0 Å². The molecule has 1 fully saturated rings. The zero-order chi connectivity index (χ0) is 23.9. The molecule has 0 unspecified atom stereocenters. The molecule has 1 aliphatic carbocycles. The minimum absolute atomic E-state index is 0.0345. The lowest BCUT2D eigenvalue weighted by molar-refractivity contribution is -0.141. The molecule has 10 heteroatoms. The van der Waals surface area contributed by atoms with Crippen molar-refractivity contribution < 1.29 is 27.5 Å². The van der Waals surface area contributed by atoms with Crippen LogP contribution in [0.4, 0.5) is 24.8 Å². The molecule has 2 amide bonds. The smallest absolute Gasteiger partial charge is 0.433 e. The van der Waals surface area contributed by atoms with Crippen LogP contribution in [-0.2, 0) is 17.4 Å². The van der Waals surface area contributed by atoms with Crippen LogP contribution in [-0.4, -0.2) is 28.3 Å². The first-order valence-corrected chi connectivity index (χ1v) is 10.7. The van der Waals surface area contributed by atoms with Crippen molar-refractivity contribution in [1.82, 2.24) is 9.97 Å². The number of amides is 2. The number of alkyl halides is 3. The standard InChI is InChI=1S/C24H19F3N4O3/c25-24(26,27)19-10-9-15(13-28-19)34-18-4-1-3-17-16(18)11-12-31(23(17)33)21-6-2-5-20(29-21)30-22(32)14-7-8-14/h1-6,9-10,13-14H,7-8,11-12H2,(H,29,30,32). The van der Waals surface area contributed by atoms with Crippen LogP contribution in [0.5, 0.6) is 11.5 Å². The summed E-state index contributed by atoms with van der Waals surface area (Å²) in [4.78, 5) is 34.6. The fraction of sp³-hybridized carbons (Fsp3) is 0.250. The summed E-state index contributed by atoms with van der Waals surface area (Å²) in [6.07, 6.45) is -1.33. The predicted molar refractivity (Wildman–Crippen MR) is 117 cm³/mol. The average Bonchev–Trinajstić information content (AvgIpc) is 3.65. The topological polar surface area (TPSA) is 84.4 Å². The van der Waals surface area contributed by atoms with Gasteiger partial charge in [0.25, 0.3) is 5.91 Å². The Labute approximate surface area is 192 Å². The third-order valence-corrected chi connectivity index (χ3v) is 5.66. The minimum atomic E-state index is -4.54. The van der Waals surface area contributed by atoms with Crippen molar-refractivity contribution in [2.24, 2.45) is 5.92 Å². The van der Waals surface area contributed by atoms with Gasteiger partial charge in [-0.15, -0.1) is 0 Å². The van der Waals surface area contributed by atoms with Crippen molar-refractivity contribution >= 4 is 23.5 Å². The van der Waals surface area contributed by atoms with Crippen molar-refractivity contribution in [1.29, 1.82) is 0 Å². The molecule has 7 nitrogen and oxygen atoms in total. The summed E-state index contributed by atoms with van der Waals surface area (Å²) < 4.78 is 44.0. The maximum absolute atomic E-state index is 13.2. The van der Waals surface area contributed by atoms with Crippen molar-refractivity contribution in [2.75, 3.05) is 16.8 Å². The van der Waals surface area contributed by atoms with E-state index in [0.717, 1.165) is 25.1 Å². The highest BCUT2D eigenvalue weighted by atomic mass is 19.4. The summed E-state index contributed by atoms with van der Waals surface area (Å²) in [5.74, 6) is 1.01. The lowest BCUT2D eigenvalue weighted by atomic mass is 9.98. The molecule has 0 radical (unpaired) electrons. The van der Waals surface area contributed by atoms with Crippen molar-refractivity contribution in [3.63, 3.8) is 0 Å². The number of nitrogens with zero attached hydrogens (tertiary/aromatic N) is 3. The molecule has 0 atom stereocenters. The molecule has 2 aliphatic rings.